The van der Waals surface area contributed by atoms with Gasteiger partial charge in [-0.2, -0.15) is 0 Å². The zero-order chi connectivity index (χ0) is 19.2. The van der Waals surface area contributed by atoms with Gasteiger partial charge >= 0.3 is 0 Å². The number of imidazole rings is 1. The van der Waals surface area contributed by atoms with Crippen LogP contribution < -0.4 is 4.74 Å². The van der Waals surface area contributed by atoms with E-state index >= 15 is 0 Å². The molecule has 3 rings (SSSR count). The molecule has 0 unspecified atom stereocenters. The van der Waals surface area contributed by atoms with Crippen LogP contribution in [0.5, 0.6) is 5.75 Å². The van der Waals surface area contributed by atoms with Gasteiger partial charge in [0.05, 0.1) is 30.5 Å². The molecule has 1 aromatic heterocycles. The summed E-state index contributed by atoms with van der Waals surface area (Å²) in [7, 11) is 0. The maximum atomic E-state index is 12.8. The number of nitrogens with zero attached hydrogens (tertiary/aromatic N) is 3. The first-order valence-corrected chi connectivity index (χ1v) is 9.23. The van der Waals surface area contributed by atoms with E-state index in [2.05, 4.69) is 4.98 Å². The van der Waals surface area contributed by atoms with Crippen LogP contribution in [0.4, 0.5) is 0 Å². The van der Waals surface area contributed by atoms with E-state index in [9.17, 15) is 4.79 Å². The van der Waals surface area contributed by atoms with Gasteiger partial charge in [0.1, 0.15) is 12.4 Å². The molecule has 2 aromatic carbocycles. The number of fused-ring (bicyclic) bond motifs is 1. The number of hydrogen-bond donors (Lipinski definition) is 1. The molecule has 7 heteroatoms. The third-order valence-electron chi connectivity index (χ3n) is 4.32. The fourth-order valence-corrected chi connectivity index (χ4v) is 3.00. The van der Waals surface area contributed by atoms with Crippen molar-refractivity contribution in [1.29, 1.82) is 0 Å². The topological polar surface area (TPSA) is 67.6 Å². The van der Waals surface area contributed by atoms with Crippen molar-refractivity contribution in [2.24, 2.45) is 0 Å². The van der Waals surface area contributed by atoms with Gasteiger partial charge in [0.25, 0.3) is 5.91 Å². The number of halogens is 1. The Labute approximate surface area is 162 Å². The predicted molar refractivity (Wildman–Crippen MR) is 105 cm³/mol. The van der Waals surface area contributed by atoms with Crippen LogP contribution in [-0.2, 0) is 6.54 Å². The van der Waals surface area contributed by atoms with Gasteiger partial charge in [-0.05, 0) is 49.4 Å². The van der Waals surface area contributed by atoms with Crippen LogP contribution in [0.15, 0.2) is 48.8 Å². The monoisotopic (exact) mass is 387 g/mol. The van der Waals surface area contributed by atoms with Crippen molar-refractivity contribution in [2.45, 2.75) is 13.5 Å². The van der Waals surface area contributed by atoms with Gasteiger partial charge in [-0.3, -0.25) is 4.79 Å². The first-order chi connectivity index (χ1) is 13.1. The molecule has 0 bridgehead atoms. The second kappa shape index (κ2) is 8.88. The second-order valence-corrected chi connectivity index (χ2v) is 6.49. The molecule has 0 atom stereocenters. The Balaban J connectivity index is 1.65. The highest BCUT2D eigenvalue weighted by Gasteiger charge is 2.15. The van der Waals surface area contributed by atoms with Crippen molar-refractivity contribution in [2.75, 3.05) is 26.3 Å². The Bertz CT molecular complexity index is 908. The predicted octanol–water partition coefficient (Wildman–Crippen LogP) is 3.22. The summed E-state index contributed by atoms with van der Waals surface area (Å²) in [6.45, 7) is 3.92. The second-order valence-electron chi connectivity index (χ2n) is 6.05. The highest BCUT2D eigenvalue weighted by Crippen LogP contribution is 2.17. The SMILES string of the molecule is CCN(CCOc1ccc(Cl)cc1)C(=O)c1ccc2c(c1)ncn2CCO. The minimum atomic E-state index is -0.0594. The smallest absolute Gasteiger partial charge is 0.254 e. The van der Waals surface area contributed by atoms with E-state index in [0.717, 1.165) is 16.8 Å². The molecule has 0 aliphatic heterocycles. The molecule has 6 nitrogen and oxygen atoms in total. The van der Waals surface area contributed by atoms with Gasteiger partial charge in [0, 0.05) is 23.7 Å². The fraction of sp³-hybridized carbons (Fsp3) is 0.300. The fourth-order valence-electron chi connectivity index (χ4n) is 2.87. The maximum absolute atomic E-state index is 12.8. The van der Waals surface area contributed by atoms with Crippen molar-refractivity contribution in [3.8, 4) is 5.75 Å². The van der Waals surface area contributed by atoms with Gasteiger partial charge in [-0.1, -0.05) is 11.6 Å². The molecule has 142 valence electrons. The number of amides is 1. The third kappa shape index (κ3) is 4.59. The normalized spacial score (nSPS) is 10.9. The van der Waals surface area contributed by atoms with Gasteiger partial charge < -0.3 is 19.3 Å². The maximum Gasteiger partial charge on any atom is 0.254 e. The highest BCUT2D eigenvalue weighted by atomic mass is 35.5. The van der Waals surface area contributed by atoms with E-state index in [0.29, 0.717) is 36.8 Å². The Morgan fingerprint density at radius 2 is 2.04 bits per heavy atom. The number of rotatable bonds is 8. The van der Waals surface area contributed by atoms with E-state index in [1.54, 1.807) is 47.6 Å². The Kier molecular flexibility index (Phi) is 6.32. The highest BCUT2D eigenvalue weighted by molar-refractivity contribution is 6.30. The molecule has 3 aromatic rings. The van der Waals surface area contributed by atoms with Crippen LogP contribution in [-0.4, -0.2) is 51.8 Å². The molecular formula is C20H22ClN3O3. The van der Waals surface area contributed by atoms with Gasteiger partial charge in [-0.15, -0.1) is 0 Å². The quantitative estimate of drug-likeness (QED) is 0.644. The number of aliphatic hydroxyl groups is 1. The van der Waals surface area contributed by atoms with Crippen LogP contribution in [0.3, 0.4) is 0 Å². The number of aromatic nitrogens is 2. The van der Waals surface area contributed by atoms with E-state index in [-0.39, 0.29) is 12.5 Å². The standard InChI is InChI=1S/C20H22ClN3O3/c1-2-23(10-12-27-17-6-4-16(21)5-7-17)20(26)15-3-8-19-18(13-15)22-14-24(19)9-11-25/h3-8,13-14,25H,2,9-12H2,1H3. The molecule has 0 radical (unpaired) electrons. The van der Waals surface area contributed by atoms with E-state index in [1.165, 1.54) is 0 Å². The number of ether oxygens (including phenoxy) is 1. The summed E-state index contributed by atoms with van der Waals surface area (Å²) in [5.41, 5.74) is 2.22. The molecule has 1 amide bonds. The molecule has 27 heavy (non-hydrogen) atoms. The van der Waals surface area contributed by atoms with Crippen LogP contribution in [0.25, 0.3) is 11.0 Å². The van der Waals surface area contributed by atoms with Crippen LogP contribution >= 0.6 is 11.6 Å². The zero-order valence-corrected chi connectivity index (χ0v) is 15.9. The molecule has 0 spiro atoms. The largest absolute Gasteiger partial charge is 0.492 e. The Hall–Kier alpha value is -2.57. The molecule has 1 N–H and O–H groups in total. The van der Waals surface area contributed by atoms with Crippen molar-refractivity contribution >= 4 is 28.5 Å². The van der Waals surface area contributed by atoms with Gasteiger partial charge in [0.2, 0.25) is 0 Å². The number of benzene rings is 2. The molecule has 0 aliphatic rings. The van der Waals surface area contributed by atoms with Crippen LogP contribution in [0, 0.1) is 0 Å². The van der Waals surface area contributed by atoms with Crippen LogP contribution in [0.2, 0.25) is 5.02 Å². The third-order valence-corrected chi connectivity index (χ3v) is 4.57. The number of hydrogen-bond acceptors (Lipinski definition) is 4. The lowest BCUT2D eigenvalue weighted by atomic mass is 10.1. The average Bonchev–Trinajstić information content (AvgIpc) is 3.09. The summed E-state index contributed by atoms with van der Waals surface area (Å²) in [6, 6.07) is 12.6. The average molecular weight is 388 g/mol. The van der Waals surface area contributed by atoms with Gasteiger partial charge in [0.15, 0.2) is 0 Å². The van der Waals surface area contributed by atoms with E-state index in [4.69, 9.17) is 21.4 Å². The van der Waals surface area contributed by atoms with E-state index in [1.807, 2.05) is 17.6 Å². The zero-order valence-electron chi connectivity index (χ0n) is 15.1. The number of likely N-dealkylation sites (N-methyl/N-ethyl adjacent to an activating group) is 1. The van der Waals surface area contributed by atoms with E-state index < -0.39 is 0 Å². The van der Waals surface area contributed by atoms with Crippen molar-refractivity contribution in [3.63, 3.8) is 0 Å². The molecule has 1 heterocycles. The summed E-state index contributed by atoms with van der Waals surface area (Å²) < 4.78 is 7.55. The van der Waals surface area contributed by atoms with Crippen molar-refractivity contribution < 1.29 is 14.6 Å². The summed E-state index contributed by atoms with van der Waals surface area (Å²) in [5, 5.41) is 9.75. The number of aliphatic hydroxyl groups excluding tert-OH is 1. The summed E-state index contributed by atoms with van der Waals surface area (Å²) in [4.78, 5) is 18.9. The Morgan fingerprint density at radius 1 is 1.26 bits per heavy atom. The molecular weight excluding hydrogens is 366 g/mol. The lowest BCUT2D eigenvalue weighted by Gasteiger charge is -2.21. The molecule has 0 saturated heterocycles. The first kappa shape index (κ1) is 19.2. The van der Waals surface area contributed by atoms with Crippen molar-refractivity contribution in [3.05, 3.63) is 59.4 Å². The Morgan fingerprint density at radius 3 is 2.74 bits per heavy atom. The van der Waals surface area contributed by atoms with Gasteiger partial charge in [-0.25, -0.2) is 4.98 Å². The number of carbonyl (C=O) groups excluding carboxylic acids is 1. The summed E-state index contributed by atoms with van der Waals surface area (Å²) in [5.74, 6) is 0.662. The molecule has 0 saturated carbocycles. The van der Waals surface area contributed by atoms with Crippen molar-refractivity contribution in [1.82, 2.24) is 14.5 Å². The summed E-state index contributed by atoms with van der Waals surface area (Å²) in [6.07, 6.45) is 1.67. The molecule has 0 aliphatic carbocycles. The first-order valence-electron chi connectivity index (χ1n) is 8.85. The number of carbonyl (C=O) groups is 1. The summed E-state index contributed by atoms with van der Waals surface area (Å²) >= 11 is 5.86. The minimum absolute atomic E-state index is 0.0450. The molecule has 0 fully saturated rings. The lowest BCUT2D eigenvalue weighted by Crippen LogP contribution is -2.34. The minimum Gasteiger partial charge on any atom is -0.492 e. The van der Waals surface area contributed by atoms with Crippen LogP contribution in [0.1, 0.15) is 17.3 Å². The lowest BCUT2D eigenvalue weighted by molar-refractivity contribution is 0.0740.